The molecule has 18 heavy (non-hydrogen) atoms. The molecule has 0 aromatic heterocycles. The Kier molecular flexibility index (Phi) is 6.75. The maximum Gasteiger partial charge on any atom is 0.321 e. The first-order chi connectivity index (χ1) is 8.67. The molecule has 1 aromatic rings. The average molecular weight is 315 g/mol. The molecule has 1 N–H and O–H groups in total. The second-order valence-corrected chi connectivity index (χ2v) is 4.84. The van der Waals surface area contributed by atoms with Gasteiger partial charge in [0.1, 0.15) is 0 Å². The van der Waals surface area contributed by atoms with Crippen LogP contribution in [0.5, 0.6) is 0 Å². The smallest absolute Gasteiger partial charge is 0.321 e. The first-order valence-electron chi connectivity index (χ1n) is 5.97. The molecule has 0 saturated heterocycles. The number of anilines is 1. The number of carbonyl (C=O) groups excluding carboxylic acids is 1. The van der Waals surface area contributed by atoms with Crippen LogP contribution in [0.15, 0.2) is 28.7 Å². The van der Waals surface area contributed by atoms with Gasteiger partial charge in [-0.1, -0.05) is 28.9 Å². The maximum absolute atomic E-state index is 12.1. The van der Waals surface area contributed by atoms with Crippen LogP contribution in [0.3, 0.4) is 0 Å². The lowest BCUT2D eigenvalue weighted by Gasteiger charge is -2.22. The molecule has 0 heterocycles. The van der Waals surface area contributed by atoms with E-state index in [1.165, 1.54) is 0 Å². The lowest BCUT2D eigenvalue weighted by molar-refractivity contribution is 0.155. The van der Waals surface area contributed by atoms with Crippen LogP contribution in [0.4, 0.5) is 10.5 Å². The van der Waals surface area contributed by atoms with E-state index >= 15 is 0 Å². The molecular formula is C13H19BrN2O2. The van der Waals surface area contributed by atoms with Crippen molar-refractivity contribution in [3.63, 3.8) is 0 Å². The lowest BCUT2D eigenvalue weighted by Crippen LogP contribution is -2.37. The molecule has 100 valence electrons. The van der Waals surface area contributed by atoms with Gasteiger partial charge in [0.2, 0.25) is 0 Å². The van der Waals surface area contributed by atoms with E-state index in [0.717, 1.165) is 23.1 Å². The SMILES string of the molecule is CCCN(CCOC)C(=O)Nc1cccc(Br)c1. The molecule has 0 fully saturated rings. The van der Waals surface area contributed by atoms with E-state index in [1.54, 1.807) is 12.0 Å². The Labute approximate surface area is 116 Å². The number of rotatable bonds is 6. The Morgan fingerprint density at radius 3 is 2.83 bits per heavy atom. The Morgan fingerprint density at radius 1 is 1.44 bits per heavy atom. The van der Waals surface area contributed by atoms with E-state index < -0.39 is 0 Å². The highest BCUT2D eigenvalue weighted by Gasteiger charge is 2.12. The fourth-order valence-electron chi connectivity index (χ4n) is 1.56. The lowest BCUT2D eigenvalue weighted by atomic mass is 10.3. The zero-order valence-electron chi connectivity index (χ0n) is 10.8. The molecule has 2 amide bonds. The molecule has 1 rings (SSSR count). The monoisotopic (exact) mass is 314 g/mol. The van der Waals surface area contributed by atoms with Gasteiger partial charge in [0.15, 0.2) is 0 Å². The standard InChI is InChI=1S/C13H19BrN2O2/c1-3-7-16(8-9-18-2)13(17)15-12-6-4-5-11(14)10-12/h4-6,10H,3,7-9H2,1-2H3,(H,15,17). The number of halogens is 1. The third-order valence-electron chi connectivity index (χ3n) is 2.42. The molecule has 4 nitrogen and oxygen atoms in total. The predicted octanol–water partition coefficient (Wildman–Crippen LogP) is 3.34. The van der Waals surface area contributed by atoms with E-state index in [4.69, 9.17) is 4.74 Å². The van der Waals surface area contributed by atoms with Gasteiger partial charge in [-0.3, -0.25) is 0 Å². The van der Waals surface area contributed by atoms with Crippen molar-refractivity contribution in [3.05, 3.63) is 28.7 Å². The van der Waals surface area contributed by atoms with Gasteiger partial charge in [0, 0.05) is 30.4 Å². The topological polar surface area (TPSA) is 41.6 Å². The normalized spacial score (nSPS) is 10.2. The van der Waals surface area contributed by atoms with Crippen LogP contribution >= 0.6 is 15.9 Å². The van der Waals surface area contributed by atoms with Crippen LogP contribution in [0.1, 0.15) is 13.3 Å². The number of hydrogen-bond donors (Lipinski definition) is 1. The Balaban J connectivity index is 2.60. The number of methoxy groups -OCH3 is 1. The molecule has 0 spiro atoms. The predicted molar refractivity (Wildman–Crippen MR) is 76.9 cm³/mol. The number of nitrogens with one attached hydrogen (secondary N) is 1. The van der Waals surface area contributed by atoms with Gasteiger partial charge in [0.25, 0.3) is 0 Å². The second-order valence-electron chi connectivity index (χ2n) is 3.92. The molecule has 0 bridgehead atoms. The minimum atomic E-state index is -0.0907. The van der Waals surface area contributed by atoms with Gasteiger partial charge in [0.05, 0.1) is 6.61 Å². The van der Waals surface area contributed by atoms with Crippen molar-refractivity contribution in [3.8, 4) is 0 Å². The summed E-state index contributed by atoms with van der Waals surface area (Å²) < 4.78 is 5.95. The second kappa shape index (κ2) is 8.11. The summed E-state index contributed by atoms with van der Waals surface area (Å²) in [5.41, 5.74) is 0.785. The highest BCUT2D eigenvalue weighted by Crippen LogP contribution is 2.16. The van der Waals surface area contributed by atoms with Gasteiger partial charge < -0.3 is 15.0 Å². The van der Waals surface area contributed by atoms with Crippen molar-refractivity contribution in [1.82, 2.24) is 4.90 Å². The number of amides is 2. The molecule has 1 aromatic carbocycles. The Bertz CT molecular complexity index is 385. The van der Waals surface area contributed by atoms with E-state index in [2.05, 4.69) is 21.2 Å². The minimum absolute atomic E-state index is 0.0907. The van der Waals surface area contributed by atoms with Crippen molar-refractivity contribution in [2.24, 2.45) is 0 Å². The number of urea groups is 1. The fourth-order valence-corrected chi connectivity index (χ4v) is 1.95. The number of nitrogens with zero attached hydrogens (tertiary/aromatic N) is 1. The van der Waals surface area contributed by atoms with Gasteiger partial charge in [-0.2, -0.15) is 0 Å². The largest absolute Gasteiger partial charge is 0.383 e. The summed E-state index contributed by atoms with van der Waals surface area (Å²) >= 11 is 3.38. The summed E-state index contributed by atoms with van der Waals surface area (Å²) in [6.07, 6.45) is 0.926. The molecule has 0 saturated carbocycles. The number of benzene rings is 1. The van der Waals surface area contributed by atoms with Crippen LogP contribution in [-0.2, 0) is 4.74 Å². The summed E-state index contributed by atoms with van der Waals surface area (Å²) in [5.74, 6) is 0. The Morgan fingerprint density at radius 2 is 2.22 bits per heavy atom. The summed E-state index contributed by atoms with van der Waals surface area (Å²) in [4.78, 5) is 13.8. The van der Waals surface area contributed by atoms with Crippen LogP contribution in [0.25, 0.3) is 0 Å². The van der Waals surface area contributed by atoms with E-state index in [-0.39, 0.29) is 6.03 Å². The zero-order valence-corrected chi connectivity index (χ0v) is 12.4. The quantitative estimate of drug-likeness (QED) is 0.875. The number of carbonyl (C=O) groups is 1. The summed E-state index contributed by atoms with van der Waals surface area (Å²) in [7, 11) is 1.64. The first-order valence-corrected chi connectivity index (χ1v) is 6.77. The fraction of sp³-hybridized carbons (Fsp3) is 0.462. The molecule has 0 atom stereocenters. The van der Waals surface area contributed by atoms with Crippen LogP contribution in [-0.4, -0.2) is 37.7 Å². The number of ether oxygens (including phenoxy) is 1. The van der Waals surface area contributed by atoms with Crippen molar-refractivity contribution >= 4 is 27.6 Å². The molecule has 0 aliphatic heterocycles. The van der Waals surface area contributed by atoms with Gasteiger partial charge in [-0.15, -0.1) is 0 Å². The van der Waals surface area contributed by atoms with Crippen LogP contribution in [0.2, 0.25) is 0 Å². The van der Waals surface area contributed by atoms with Crippen molar-refractivity contribution in [2.75, 3.05) is 32.1 Å². The summed E-state index contributed by atoms with van der Waals surface area (Å²) in [6, 6.07) is 7.46. The molecule has 0 aliphatic rings. The summed E-state index contributed by atoms with van der Waals surface area (Å²) in [6.45, 7) is 3.92. The minimum Gasteiger partial charge on any atom is -0.383 e. The summed E-state index contributed by atoms with van der Waals surface area (Å²) in [5, 5.41) is 2.88. The highest BCUT2D eigenvalue weighted by atomic mass is 79.9. The van der Waals surface area contributed by atoms with E-state index in [0.29, 0.717) is 13.2 Å². The molecule has 5 heteroatoms. The van der Waals surface area contributed by atoms with Gasteiger partial charge in [-0.25, -0.2) is 4.79 Å². The van der Waals surface area contributed by atoms with Crippen molar-refractivity contribution < 1.29 is 9.53 Å². The average Bonchev–Trinajstić information content (AvgIpc) is 2.34. The first kappa shape index (κ1) is 15.0. The number of hydrogen-bond acceptors (Lipinski definition) is 2. The van der Waals surface area contributed by atoms with Crippen molar-refractivity contribution in [1.29, 1.82) is 0 Å². The third-order valence-corrected chi connectivity index (χ3v) is 2.92. The van der Waals surface area contributed by atoms with Gasteiger partial charge >= 0.3 is 6.03 Å². The molecule has 0 radical (unpaired) electrons. The highest BCUT2D eigenvalue weighted by molar-refractivity contribution is 9.10. The molecular weight excluding hydrogens is 296 g/mol. The third kappa shape index (κ3) is 5.06. The van der Waals surface area contributed by atoms with E-state index in [9.17, 15) is 4.79 Å². The van der Waals surface area contributed by atoms with Crippen molar-refractivity contribution in [2.45, 2.75) is 13.3 Å². The molecule has 0 aliphatic carbocycles. The van der Waals surface area contributed by atoms with E-state index in [1.807, 2.05) is 31.2 Å². The maximum atomic E-state index is 12.1. The van der Waals surface area contributed by atoms with Crippen LogP contribution in [0, 0.1) is 0 Å². The van der Waals surface area contributed by atoms with Crippen LogP contribution < -0.4 is 5.32 Å². The zero-order chi connectivity index (χ0) is 13.4. The molecule has 0 unspecified atom stereocenters. The Hall–Kier alpha value is -1.07. The van der Waals surface area contributed by atoms with Gasteiger partial charge in [-0.05, 0) is 24.6 Å².